The minimum Gasteiger partial charge on any atom is -0.369 e. The molecule has 0 heterocycles. The van der Waals surface area contributed by atoms with Crippen molar-refractivity contribution < 1.29 is 4.92 Å². The van der Waals surface area contributed by atoms with Crippen molar-refractivity contribution >= 4 is 33.8 Å². The maximum absolute atomic E-state index is 10.6. The molecule has 0 fully saturated rings. The van der Waals surface area contributed by atoms with E-state index in [-0.39, 0.29) is 11.6 Å². The molecule has 0 aliphatic rings. The highest BCUT2D eigenvalue weighted by Crippen LogP contribution is 2.24. The normalized spacial score (nSPS) is 10.3. The van der Waals surface area contributed by atoms with Gasteiger partial charge in [-0.1, -0.05) is 6.07 Å². The van der Waals surface area contributed by atoms with Crippen LogP contribution in [0.4, 0.5) is 5.69 Å². The van der Waals surface area contributed by atoms with Crippen molar-refractivity contribution in [1.82, 2.24) is 0 Å². The van der Waals surface area contributed by atoms with Gasteiger partial charge in [-0.25, -0.2) is 0 Å². The molecule has 0 saturated carbocycles. The fourth-order valence-electron chi connectivity index (χ4n) is 0.912. The molecule has 7 nitrogen and oxygen atoms in total. The van der Waals surface area contributed by atoms with E-state index in [4.69, 9.17) is 11.5 Å². The first-order valence-corrected chi connectivity index (χ1v) is 4.86. The average Bonchev–Trinajstić information content (AvgIpc) is 2.19. The smallest absolute Gasteiger partial charge is 0.284 e. The number of nitro groups is 1. The second kappa shape index (κ2) is 5.21. The van der Waals surface area contributed by atoms with E-state index in [1.54, 1.807) is 12.1 Å². The Morgan fingerprint density at radius 2 is 2.19 bits per heavy atom. The lowest BCUT2D eigenvalue weighted by molar-refractivity contribution is -0.385. The van der Waals surface area contributed by atoms with Crippen LogP contribution in [0.15, 0.2) is 32.9 Å². The molecule has 0 radical (unpaired) electrons. The number of halogens is 1. The third-order valence-electron chi connectivity index (χ3n) is 1.55. The maximum atomic E-state index is 10.6. The second-order valence-corrected chi connectivity index (χ2v) is 3.59. The van der Waals surface area contributed by atoms with E-state index in [9.17, 15) is 10.1 Å². The van der Waals surface area contributed by atoms with Crippen molar-refractivity contribution in [3.8, 4) is 0 Å². The summed E-state index contributed by atoms with van der Waals surface area (Å²) in [6.45, 7) is 0. The van der Waals surface area contributed by atoms with Gasteiger partial charge in [-0.05, 0) is 22.0 Å². The molecule has 0 unspecified atom stereocenters. The summed E-state index contributed by atoms with van der Waals surface area (Å²) < 4.78 is 0.400. The van der Waals surface area contributed by atoms with Gasteiger partial charge in [0.15, 0.2) is 0 Å². The Balaban J connectivity index is 3.00. The van der Waals surface area contributed by atoms with Crippen molar-refractivity contribution in [2.45, 2.75) is 0 Å². The van der Waals surface area contributed by atoms with Crippen LogP contribution < -0.4 is 11.5 Å². The molecule has 1 rings (SSSR count). The molecular weight excluding hydrogens is 278 g/mol. The third kappa shape index (κ3) is 3.31. The molecule has 0 amide bonds. The second-order valence-electron chi connectivity index (χ2n) is 2.74. The molecule has 8 heteroatoms. The van der Waals surface area contributed by atoms with E-state index < -0.39 is 4.92 Å². The molecule has 0 aromatic heterocycles. The number of hydrogen-bond acceptors (Lipinski definition) is 4. The highest BCUT2D eigenvalue weighted by Gasteiger charge is 2.11. The number of nitrogens with zero attached hydrogens (tertiary/aromatic N) is 3. The van der Waals surface area contributed by atoms with Gasteiger partial charge >= 0.3 is 0 Å². The lowest BCUT2D eigenvalue weighted by Crippen LogP contribution is -2.21. The maximum Gasteiger partial charge on any atom is 0.284 e. The molecular formula is C8H8BrN5O2. The van der Waals surface area contributed by atoms with Gasteiger partial charge in [0.25, 0.3) is 5.69 Å². The highest BCUT2D eigenvalue weighted by atomic mass is 79.9. The number of rotatable bonds is 3. The van der Waals surface area contributed by atoms with Gasteiger partial charge in [0.2, 0.25) is 5.96 Å². The number of nitro benzene ring substituents is 1. The fraction of sp³-hybridized carbons (Fsp3) is 0. The van der Waals surface area contributed by atoms with Crippen LogP contribution in [0.2, 0.25) is 0 Å². The molecule has 4 N–H and O–H groups in total. The van der Waals surface area contributed by atoms with Crippen molar-refractivity contribution in [1.29, 1.82) is 0 Å². The first-order chi connectivity index (χ1) is 7.50. The van der Waals surface area contributed by atoms with E-state index in [1.165, 1.54) is 12.3 Å². The Hall–Kier alpha value is -1.96. The van der Waals surface area contributed by atoms with Crippen LogP contribution in [0.3, 0.4) is 0 Å². The van der Waals surface area contributed by atoms with E-state index >= 15 is 0 Å². The predicted molar refractivity (Wildman–Crippen MR) is 64.2 cm³/mol. The summed E-state index contributed by atoms with van der Waals surface area (Å²) >= 11 is 3.07. The first kappa shape index (κ1) is 12.1. The molecule has 0 saturated heterocycles. The molecule has 16 heavy (non-hydrogen) atoms. The van der Waals surface area contributed by atoms with Gasteiger partial charge < -0.3 is 11.5 Å². The third-order valence-corrected chi connectivity index (χ3v) is 2.22. The lowest BCUT2D eigenvalue weighted by Gasteiger charge is -1.96. The van der Waals surface area contributed by atoms with E-state index in [1.807, 2.05) is 0 Å². The molecule has 1 aromatic carbocycles. The number of benzene rings is 1. The van der Waals surface area contributed by atoms with Crippen molar-refractivity contribution in [2.75, 3.05) is 0 Å². The Kier molecular flexibility index (Phi) is 3.95. The van der Waals surface area contributed by atoms with E-state index in [0.717, 1.165) is 0 Å². The summed E-state index contributed by atoms with van der Waals surface area (Å²) in [5.41, 5.74) is 10.6. The van der Waals surface area contributed by atoms with Crippen LogP contribution in [0.5, 0.6) is 0 Å². The number of guanidine groups is 1. The minimum atomic E-state index is -0.498. The molecule has 0 spiro atoms. The van der Waals surface area contributed by atoms with Gasteiger partial charge in [-0.2, -0.15) is 5.10 Å². The predicted octanol–water partition coefficient (Wildman–Crippen LogP) is 0.965. The van der Waals surface area contributed by atoms with Crippen LogP contribution in [0.25, 0.3) is 0 Å². The zero-order valence-electron chi connectivity index (χ0n) is 8.00. The highest BCUT2D eigenvalue weighted by molar-refractivity contribution is 9.10. The molecule has 1 aromatic rings. The molecule has 0 aliphatic carbocycles. The Morgan fingerprint density at radius 1 is 1.50 bits per heavy atom. The largest absolute Gasteiger partial charge is 0.369 e. The Bertz CT molecular complexity index is 467. The van der Waals surface area contributed by atoms with Gasteiger partial charge in [-0.15, -0.1) is 5.10 Å². The Labute approximate surface area is 99.1 Å². The monoisotopic (exact) mass is 285 g/mol. The summed E-state index contributed by atoms with van der Waals surface area (Å²) in [5, 5.41) is 17.5. The standard InChI is InChI=1S/C8H8BrN5O2/c9-6-2-1-5(3-7(6)14(15)16)4-12-13-8(10)11/h1-4H,(H4,10,11,13). The zero-order chi connectivity index (χ0) is 12.1. The van der Waals surface area contributed by atoms with Crippen LogP contribution >= 0.6 is 15.9 Å². The van der Waals surface area contributed by atoms with Crippen LogP contribution in [0.1, 0.15) is 5.56 Å². The SMILES string of the molecule is NC(N)=NN=Cc1ccc(Br)c([N+](=O)[O-])c1. The van der Waals surface area contributed by atoms with Gasteiger partial charge in [0.05, 0.1) is 15.6 Å². The summed E-state index contributed by atoms with van der Waals surface area (Å²) in [4.78, 5) is 10.1. The quantitative estimate of drug-likeness (QED) is 0.372. The van der Waals surface area contributed by atoms with Crippen LogP contribution in [0, 0.1) is 10.1 Å². The summed E-state index contributed by atoms with van der Waals surface area (Å²) in [7, 11) is 0. The van der Waals surface area contributed by atoms with Crippen LogP contribution in [-0.4, -0.2) is 17.1 Å². The summed E-state index contributed by atoms with van der Waals surface area (Å²) in [5.74, 6) is -0.178. The number of hydrogen-bond donors (Lipinski definition) is 2. The van der Waals surface area contributed by atoms with Crippen LogP contribution in [-0.2, 0) is 0 Å². The van der Waals surface area contributed by atoms with Gasteiger partial charge in [-0.3, -0.25) is 10.1 Å². The van der Waals surface area contributed by atoms with Gasteiger partial charge in [0, 0.05) is 11.6 Å². The average molecular weight is 286 g/mol. The number of nitrogens with two attached hydrogens (primary N) is 2. The van der Waals surface area contributed by atoms with Gasteiger partial charge in [0.1, 0.15) is 0 Å². The topological polar surface area (TPSA) is 120 Å². The summed E-state index contributed by atoms with van der Waals surface area (Å²) in [6, 6.07) is 4.55. The van der Waals surface area contributed by atoms with Crippen molar-refractivity contribution in [2.24, 2.45) is 21.7 Å². The molecule has 0 atom stereocenters. The molecule has 0 bridgehead atoms. The molecule has 0 aliphatic heterocycles. The van der Waals surface area contributed by atoms with Crippen molar-refractivity contribution in [3.05, 3.63) is 38.3 Å². The van der Waals surface area contributed by atoms with E-state index in [2.05, 4.69) is 26.1 Å². The van der Waals surface area contributed by atoms with Crippen molar-refractivity contribution in [3.63, 3.8) is 0 Å². The van der Waals surface area contributed by atoms with E-state index in [0.29, 0.717) is 10.0 Å². The summed E-state index contributed by atoms with van der Waals surface area (Å²) in [6.07, 6.45) is 1.32. The lowest BCUT2D eigenvalue weighted by atomic mass is 10.2. The fourth-order valence-corrected chi connectivity index (χ4v) is 1.30. The molecule has 84 valence electrons. The zero-order valence-corrected chi connectivity index (χ0v) is 9.59. The minimum absolute atomic E-state index is 0.0475. The Morgan fingerprint density at radius 3 is 2.75 bits per heavy atom. The first-order valence-electron chi connectivity index (χ1n) is 4.06.